The first kappa shape index (κ1) is 48.7. The third-order valence-corrected chi connectivity index (χ3v) is 10.9. The zero-order valence-corrected chi connectivity index (χ0v) is 37.6. The SMILES string of the molecule is CCCCCCCCCCCCCCCCCCc1ccc(O[P+]([O-])([S-])[S-])cc1CCCCCCCCCCCCCCCCCC.[Zn+2]. The molecule has 0 fully saturated rings. The van der Waals surface area contributed by atoms with Gasteiger partial charge in [-0.1, -0.05) is 213 Å². The van der Waals surface area contributed by atoms with Crippen molar-refractivity contribution in [3.63, 3.8) is 0 Å². The minimum Gasteiger partial charge on any atom is -0.682 e. The van der Waals surface area contributed by atoms with Gasteiger partial charge in [-0.25, -0.2) is 0 Å². The van der Waals surface area contributed by atoms with E-state index in [1.54, 1.807) is 0 Å². The van der Waals surface area contributed by atoms with Gasteiger partial charge < -0.3 is 33.9 Å². The molecule has 0 radical (unpaired) electrons. The van der Waals surface area contributed by atoms with Gasteiger partial charge >= 0.3 is 19.5 Å². The summed E-state index contributed by atoms with van der Waals surface area (Å²) < 4.78 is 5.45. The molecule has 6 heteroatoms. The van der Waals surface area contributed by atoms with Crippen LogP contribution in [0.5, 0.6) is 5.75 Å². The summed E-state index contributed by atoms with van der Waals surface area (Å²) in [6.45, 7) is 4.59. The van der Waals surface area contributed by atoms with Gasteiger partial charge in [0.2, 0.25) is 0 Å². The van der Waals surface area contributed by atoms with E-state index in [0.29, 0.717) is 5.75 Å². The Kier molecular flexibility index (Phi) is 36.7. The van der Waals surface area contributed by atoms with E-state index >= 15 is 0 Å². The van der Waals surface area contributed by atoms with Gasteiger partial charge in [0.1, 0.15) is 0 Å². The second-order valence-electron chi connectivity index (χ2n) is 14.6. The fourth-order valence-corrected chi connectivity index (χ4v) is 7.88. The van der Waals surface area contributed by atoms with Crippen LogP contribution in [0.1, 0.15) is 230 Å². The molecule has 0 saturated heterocycles. The van der Waals surface area contributed by atoms with Gasteiger partial charge in [-0.2, -0.15) is 0 Å². The van der Waals surface area contributed by atoms with E-state index in [2.05, 4.69) is 26.0 Å². The van der Waals surface area contributed by atoms with Crippen molar-refractivity contribution in [2.75, 3.05) is 0 Å². The molecule has 276 valence electrons. The average Bonchev–Trinajstić information content (AvgIpc) is 3.04. The fraction of sp³-hybridized carbons (Fsp3) is 0.857. The van der Waals surface area contributed by atoms with E-state index < -0.39 is 6.12 Å². The number of hydrogen-bond donors (Lipinski definition) is 0. The summed E-state index contributed by atoms with van der Waals surface area (Å²) in [4.78, 5) is 11.9. The van der Waals surface area contributed by atoms with Crippen LogP contribution in [0.2, 0.25) is 0 Å². The Morgan fingerprint density at radius 1 is 0.438 bits per heavy atom. The Labute approximate surface area is 324 Å². The molecule has 2 nitrogen and oxygen atoms in total. The standard InChI is InChI=1S/C42H79O2PS2.Zn/c1-3-5-7-9-11-13-15-17-19-21-23-25-27-29-31-33-35-40-37-38-42(44-45(43,46)47)39-41(40)36-34-32-30-28-26-24-22-20-18-16-14-12-10-8-6-4-2;/h37-39H,3-36H2,1-2H3,(H2,43,46,47);/q;+2/p-2. The Morgan fingerprint density at radius 2 is 0.708 bits per heavy atom. The van der Waals surface area contributed by atoms with E-state index in [9.17, 15) is 4.89 Å². The van der Waals surface area contributed by atoms with Gasteiger partial charge in [0, 0.05) is 0 Å². The zero-order valence-electron chi connectivity index (χ0n) is 32.1. The van der Waals surface area contributed by atoms with Crippen molar-refractivity contribution in [2.45, 2.75) is 232 Å². The summed E-state index contributed by atoms with van der Waals surface area (Å²) in [5, 5.41) is 0. The molecule has 48 heavy (non-hydrogen) atoms. The van der Waals surface area contributed by atoms with Crippen molar-refractivity contribution in [1.82, 2.24) is 0 Å². The quantitative estimate of drug-likeness (QED) is 0.0294. The molecule has 1 aromatic carbocycles. The molecular formula is C42H77O2PS2Zn. The van der Waals surface area contributed by atoms with Crippen molar-refractivity contribution in [2.24, 2.45) is 0 Å². The molecule has 0 unspecified atom stereocenters. The molecule has 1 rings (SSSR count). The summed E-state index contributed by atoms with van der Waals surface area (Å²) in [5.41, 5.74) is 2.76. The van der Waals surface area contributed by atoms with Crippen molar-refractivity contribution in [3.8, 4) is 5.75 Å². The molecular weight excluding hydrogens is 697 g/mol. The molecule has 0 bridgehead atoms. The minimum atomic E-state index is -3.37. The molecule has 0 aliphatic heterocycles. The number of hydrogen-bond acceptors (Lipinski definition) is 4. The minimum absolute atomic E-state index is 0. The van der Waals surface area contributed by atoms with Crippen LogP contribution in [-0.4, -0.2) is 0 Å². The first-order valence-electron chi connectivity index (χ1n) is 20.8. The van der Waals surface area contributed by atoms with Crippen molar-refractivity contribution in [3.05, 3.63) is 29.3 Å². The van der Waals surface area contributed by atoms with Crippen molar-refractivity contribution in [1.29, 1.82) is 0 Å². The second-order valence-corrected chi connectivity index (χ2v) is 19.2. The normalized spacial score (nSPS) is 11.6. The molecule has 1 aromatic rings. The van der Waals surface area contributed by atoms with E-state index in [-0.39, 0.29) is 19.5 Å². The Balaban J connectivity index is 0.0000221. The van der Waals surface area contributed by atoms with E-state index in [1.165, 1.54) is 217 Å². The summed E-state index contributed by atoms with van der Waals surface area (Å²) in [6.07, 6.45) is 43.4. The predicted molar refractivity (Wildman–Crippen MR) is 215 cm³/mol. The molecule has 0 aliphatic carbocycles. The third kappa shape index (κ3) is 32.6. The maximum absolute atomic E-state index is 11.9. The van der Waals surface area contributed by atoms with Crippen LogP contribution in [0.15, 0.2) is 18.2 Å². The van der Waals surface area contributed by atoms with Crippen LogP contribution in [0, 0.1) is 0 Å². The molecule has 0 saturated carbocycles. The summed E-state index contributed by atoms with van der Waals surface area (Å²) in [5.74, 6) is 0.584. The number of benzene rings is 1. The molecule has 0 amide bonds. The molecule has 0 aromatic heterocycles. The predicted octanol–water partition coefficient (Wildman–Crippen LogP) is 14.8. The molecule has 0 heterocycles. The second kappa shape index (κ2) is 36.1. The Hall–Kier alpha value is 0.733. The van der Waals surface area contributed by atoms with Gasteiger partial charge in [-0.3, -0.25) is 0 Å². The molecule has 0 aliphatic rings. The van der Waals surface area contributed by atoms with Crippen LogP contribution in [0.4, 0.5) is 0 Å². The maximum Gasteiger partial charge on any atom is 2.00 e. The van der Waals surface area contributed by atoms with Crippen LogP contribution < -0.4 is 9.42 Å². The van der Waals surface area contributed by atoms with Gasteiger partial charge in [0.15, 0.2) is 5.75 Å². The average molecular weight is 775 g/mol. The Morgan fingerprint density at radius 3 is 1.00 bits per heavy atom. The van der Waals surface area contributed by atoms with Crippen LogP contribution in [-0.2, 0) is 56.8 Å². The van der Waals surface area contributed by atoms with Gasteiger partial charge in [0.25, 0.3) is 0 Å². The molecule has 0 spiro atoms. The smallest absolute Gasteiger partial charge is 0.682 e. The van der Waals surface area contributed by atoms with E-state index in [4.69, 9.17) is 29.0 Å². The van der Waals surface area contributed by atoms with Crippen molar-refractivity contribution < 1.29 is 28.9 Å². The molecule has 0 atom stereocenters. The zero-order chi connectivity index (χ0) is 34.1. The number of rotatable bonds is 36. The summed E-state index contributed by atoms with van der Waals surface area (Å²) >= 11 is 9.75. The maximum atomic E-state index is 11.9. The number of unbranched alkanes of at least 4 members (excludes halogenated alkanes) is 30. The first-order chi connectivity index (χ1) is 23.0. The van der Waals surface area contributed by atoms with Gasteiger partial charge in [0.05, 0.1) is 0 Å². The number of aryl methyl sites for hydroxylation is 2. The first-order valence-corrected chi connectivity index (χ1v) is 24.4. The summed E-state index contributed by atoms with van der Waals surface area (Å²) in [6, 6.07) is 6.16. The van der Waals surface area contributed by atoms with Crippen LogP contribution in [0.25, 0.3) is 0 Å². The van der Waals surface area contributed by atoms with E-state index in [0.717, 1.165) is 12.8 Å². The van der Waals surface area contributed by atoms with Gasteiger partial charge in [-0.05, 0) is 48.9 Å². The largest absolute Gasteiger partial charge is 2.00 e. The molecule has 0 N–H and O–H groups in total. The van der Waals surface area contributed by atoms with Crippen molar-refractivity contribution >= 4 is 30.6 Å². The third-order valence-electron chi connectivity index (χ3n) is 9.99. The van der Waals surface area contributed by atoms with Gasteiger partial charge in [-0.15, -0.1) is 6.12 Å². The van der Waals surface area contributed by atoms with E-state index in [1.807, 2.05) is 6.07 Å². The topological polar surface area (TPSA) is 32.3 Å². The Bertz CT molecular complexity index is 804. The fourth-order valence-electron chi connectivity index (χ4n) is 6.99. The van der Waals surface area contributed by atoms with Crippen LogP contribution in [0.3, 0.4) is 0 Å². The van der Waals surface area contributed by atoms with Crippen LogP contribution >= 0.6 is 6.12 Å². The summed E-state index contributed by atoms with van der Waals surface area (Å²) in [7, 11) is 0. The monoisotopic (exact) mass is 772 g/mol.